The minimum Gasteiger partial charge on any atom is -0.572 e. The summed E-state index contributed by atoms with van der Waals surface area (Å²) in [6, 6.07) is -0.164. The van der Waals surface area contributed by atoms with Crippen LogP contribution in [0.2, 0.25) is 0 Å². The number of aliphatic carboxylic acids is 1. The highest BCUT2D eigenvalue weighted by atomic mass is 35.5. The van der Waals surface area contributed by atoms with Crippen LogP contribution in [0.25, 0.3) is 4.84 Å². The van der Waals surface area contributed by atoms with E-state index in [0.717, 1.165) is 25.7 Å². The van der Waals surface area contributed by atoms with Crippen molar-refractivity contribution in [2.45, 2.75) is 31.7 Å². The van der Waals surface area contributed by atoms with Gasteiger partial charge in [0.15, 0.2) is 0 Å². The van der Waals surface area contributed by atoms with E-state index < -0.39 is 5.97 Å². The molecular formula is C7H11ClNO2-. The predicted octanol–water partition coefficient (Wildman–Crippen LogP) is 2.16. The van der Waals surface area contributed by atoms with Gasteiger partial charge in [-0.2, -0.15) is 0 Å². The molecule has 3 nitrogen and oxygen atoms in total. The first-order chi connectivity index (χ1) is 5.25. The topological polar surface area (TPSA) is 51.4 Å². The van der Waals surface area contributed by atoms with Crippen LogP contribution in [0.4, 0.5) is 0 Å². The van der Waals surface area contributed by atoms with Gasteiger partial charge >= 0.3 is 5.97 Å². The third-order valence-corrected chi connectivity index (χ3v) is 2.42. The average Bonchev–Trinajstić information content (AvgIpc) is 2.04. The molecule has 11 heavy (non-hydrogen) atoms. The Hall–Kier alpha value is -0.280. The van der Waals surface area contributed by atoms with Gasteiger partial charge < -0.3 is 9.94 Å². The maximum absolute atomic E-state index is 10.6. The Balaban J connectivity index is 2.51. The van der Waals surface area contributed by atoms with Crippen LogP contribution < -0.4 is 0 Å². The molecule has 0 bridgehead atoms. The lowest BCUT2D eigenvalue weighted by Gasteiger charge is -2.35. The Kier molecular flexibility index (Phi) is 3.15. The molecule has 2 atom stereocenters. The summed E-state index contributed by atoms with van der Waals surface area (Å²) in [5.41, 5.74) is 0. The van der Waals surface area contributed by atoms with Crippen LogP contribution in [0.1, 0.15) is 25.7 Å². The second-order valence-electron chi connectivity index (χ2n) is 2.89. The molecule has 1 aliphatic rings. The molecule has 2 unspecified atom stereocenters. The molecule has 1 N–H and O–H groups in total. The normalized spacial score (nSPS) is 31.7. The lowest BCUT2D eigenvalue weighted by molar-refractivity contribution is -0.142. The van der Waals surface area contributed by atoms with Gasteiger partial charge in [0, 0.05) is 5.92 Å². The first kappa shape index (κ1) is 8.81. The molecule has 1 saturated carbocycles. The Morgan fingerprint density at radius 2 is 2.09 bits per heavy atom. The standard InChI is InChI=1S/C7H11ClNO2/c8-9-6-4-2-1-3-5(6)7(10)11/h5-6H,1-4H2,(H,10,11)/q-1. The summed E-state index contributed by atoms with van der Waals surface area (Å²) in [5.74, 6) is -1.11. The number of rotatable bonds is 2. The van der Waals surface area contributed by atoms with Crippen molar-refractivity contribution in [3.63, 3.8) is 0 Å². The largest absolute Gasteiger partial charge is 0.572 e. The van der Waals surface area contributed by atoms with Gasteiger partial charge in [-0.25, -0.2) is 0 Å². The van der Waals surface area contributed by atoms with Crippen molar-refractivity contribution in [1.82, 2.24) is 0 Å². The number of hydrogen-bond donors (Lipinski definition) is 1. The van der Waals surface area contributed by atoms with Crippen molar-refractivity contribution in [3.05, 3.63) is 4.84 Å². The molecular weight excluding hydrogens is 166 g/mol. The lowest BCUT2D eigenvalue weighted by atomic mass is 9.85. The van der Waals surface area contributed by atoms with E-state index in [1.54, 1.807) is 0 Å². The third-order valence-electron chi connectivity index (χ3n) is 2.17. The summed E-state index contributed by atoms with van der Waals surface area (Å²) < 4.78 is 0. The van der Waals surface area contributed by atoms with Crippen molar-refractivity contribution in [2.24, 2.45) is 5.92 Å². The number of halogens is 1. The fraction of sp³-hybridized carbons (Fsp3) is 0.857. The molecule has 0 amide bonds. The monoisotopic (exact) mass is 176 g/mol. The van der Waals surface area contributed by atoms with Crippen LogP contribution in [-0.4, -0.2) is 17.1 Å². The molecule has 1 fully saturated rings. The fourth-order valence-corrected chi connectivity index (χ4v) is 1.75. The number of carbonyl (C=O) groups is 1. The van der Waals surface area contributed by atoms with Crippen LogP contribution in [0.3, 0.4) is 0 Å². The minimum atomic E-state index is -0.765. The van der Waals surface area contributed by atoms with Gasteiger partial charge in [-0.1, -0.05) is 19.3 Å². The second kappa shape index (κ2) is 3.93. The van der Waals surface area contributed by atoms with E-state index in [1.165, 1.54) is 0 Å². The molecule has 1 rings (SSSR count). The summed E-state index contributed by atoms with van der Waals surface area (Å²) in [5, 5.41) is 8.72. The van der Waals surface area contributed by atoms with Crippen molar-refractivity contribution < 1.29 is 9.90 Å². The van der Waals surface area contributed by atoms with Crippen molar-refractivity contribution in [1.29, 1.82) is 0 Å². The maximum Gasteiger partial charge on any atom is 0.305 e. The summed E-state index contributed by atoms with van der Waals surface area (Å²) in [4.78, 5) is 14.1. The number of carboxylic acids is 1. The highest BCUT2D eigenvalue weighted by Gasteiger charge is 2.24. The van der Waals surface area contributed by atoms with Crippen LogP contribution in [-0.2, 0) is 4.79 Å². The summed E-state index contributed by atoms with van der Waals surface area (Å²) in [6.07, 6.45) is 3.57. The van der Waals surface area contributed by atoms with Gasteiger partial charge in [-0.15, -0.1) is 6.04 Å². The van der Waals surface area contributed by atoms with E-state index in [0.29, 0.717) is 0 Å². The lowest BCUT2D eigenvalue weighted by Crippen LogP contribution is -2.29. The SMILES string of the molecule is O=C(O)C1CCCCC1[N-]Cl. The zero-order chi connectivity index (χ0) is 8.27. The minimum absolute atomic E-state index is 0.164. The van der Waals surface area contributed by atoms with Crippen LogP contribution in [0.15, 0.2) is 0 Å². The Bertz CT molecular complexity index is 151. The van der Waals surface area contributed by atoms with E-state index in [1.807, 2.05) is 0 Å². The molecule has 1 aliphatic carbocycles. The molecule has 64 valence electrons. The van der Waals surface area contributed by atoms with Crippen LogP contribution >= 0.6 is 11.8 Å². The Labute approximate surface area is 70.8 Å². The van der Waals surface area contributed by atoms with Gasteiger partial charge in [-0.3, -0.25) is 16.6 Å². The molecule has 0 spiro atoms. The van der Waals surface area contributed by atoms with E-state index in [2.05, 4.69) is 4.84 Å². The highest BCUT2D eigenvalue weighted by Crippen LogP contribution is 2.30. The van der Waals surface area contributed by atoms with Crippen molar-refractivity contribution >= 4 is 17.7 Å². The predicted molar refractivity (Wildman–Crippen MR) is 42.6 cm³/mol. The second-order valence-corrected chi connectivity index (χ2v) is 3.09. The summed E-state index contributed by atoms with van der Waals surface area (Å²) in [6.45, 7) is 0. The first-order valence-corrected chi connectivity index (χ1v) is 4.13. The molecule has 0 aromatic rings. The van der Waals surface area contributed by atoms with Gasteiger partial charge in [0.05, 0.1) is 0 Å². The summed E-state index contributed by atoms with van der Waals surface area (Å²) >= 11 is 5.28. The van der Waals surface area contributed by atoms with Gasteiger partial charge in [0.2, 0.25) is 0 Å². The van der Waals surface area contributed by atoms with E-state index >= 15 is 0 Å². The molecule has 0 saturated heterocycles. The molecule has 0 heterocycles. The zero-order valence-electron chi connectivity index (χ0n) is 6.16. The molecule has 0 aromatic carbocycles. The Morgan fingerprint density at radius 3 is 2.55 bits per heavy atom. The van der Waals surface area contributed by atoms with Gasteiger partial charge in [0.1, 0.15) is 0 Å². The van der Waals surface area contributed by atoms with Crippen LogP contribution in [0, 0.1) is 5.92 Å². The van der Waals surface area contributed by atoms with Crippen LogP contribution in [0.5, 0.6) is 0 Å². The average molecular weight is 177 g/mol. The van der Waals surface area contributed by atoms with E-state index in [4.69, 9.17) is 16.9 Å². The highest BCUT2D eigenvalue weighted by molar-refractivity contribution is 6.25. The first-order valence-electron chi connectivity index (χ1n) is 3.79. The van der Waals surface area contributed by atoms with Gasteiger partial charge in [-0.05, 0) is 6.42 Å². The smallest absolute Gasteiger partial charge is 0.305 e. The number of nitrogens with zero attached hydrogens (tertiary/aromatic N) is 1. The van der Waals surface area contributed by atoms with E-state index in [9.17, 15) is 4.79 Å². The van der Waals surface area contributed by atoms with E-state index in [-0.39, 0.29) is 12.0 Å². The summed E-state index contributed by atoms with van der Waals surface area (Å²) in [7, 11) is 0. The third kappa shape index (κ3) is 2.07. The molecule has 4 heteroatoms. The fourth-order valence-electron chi connectivity index (χ4n) is 1.52. The zero-order valence-corrected chi connectivity index (χ0v) is 6.92. The molecule has 0 aromatic heterocycles. The number of hydrogen-bond acceptors (Lipinski definition) is 1. The molecule has 0 aliphatic heterocycles. The quantitative estimate of drug-likeness (QED) is 0.701. The maximum atomic E-state index is 10.6. The Morgan fingerprint density at radius 1 is 1.45 bits per heavy atom. The van der Waals surface area contributed by atoms with Crippen molar-refractivity contribution in [3.8, 4) is 0 Å². The van der Waals surface area contributed by atoms with Gasteiger partial charge in [0.25, 0.3) is 0 Å². The number of carboxylic acid groups (broad SMARTS) is 1. The van der Waals surface area contributed by atoms with Crippen molar-refractivity contribution in [2.75, 3.05) is 0 Å². The molecule has 0 radical (unpaired) electrons.